The van der Waals surface area contributed by atoms with E-state index >= 15 is 0 Å². The van der Waals surface area contributed by atoms with Crippen LogP contribution in [0, 0.1) is 0 Å². The van der Waals surface area contributed by atoms with Crippen molar-refractivity contribution in [2.24, 2.45) is 0 Å². The Bertz CT molecular complexity index is 1160. The van der Waals surface area contributed by atoms with Crippen molar-refractivity contribution in [2.45, 2.75) is 16.3 Å². The number of methoxy groups -OCH3 is 1. The summed E-state index contributed by atoms with van der Waals surface area (Å²) in [6.45, 7) is 0.396. The normalized spacial score (nSPS) is 10.8. The van der Waals surface area contributed by atoms with Gasteiger partial charge in [-0.25, -0.2) is 0 Å². The van der Waals surface area contributed by atoms with E-state index in [0.29, 0.717) is 17.3 Å². The smallest absolute Gasteiger partial charge is 0.269 e. The van der Waals surface area contributed by atoms with Gasteiger partial charge >= 0.3 is 0 Å². The van der Waals surface area contributed by atoms with E-state index in [4.69, 9.17) is 16.3 Å². The summed E-state index contributed by atoms with van der Waals surface area (Å²) < 4.78 is 5.33. The zero-order chi connectivity index (χ0) is 20.2. The number of fused-ring (bicyclic) bond motifs is 1. The second-order valence-corrected chi connectivity index (χ2v) is 7.99. The third kappa shape index (κ3) is 4.42. The molecule has 0 unspecified atom stereocenters. The number of ether oxygens (including phenoxy) is 1. The SMILES string of the molecule is COc1ccc2c(Sc3ccccc3)c(C(=O)NCc3cccc(Cl)c3)[nH]c2c1. The maximum Gasteiger partial charge on any atom is 0.269 e. The van der Waals surface area contributed by atoms with Gasteiger partial charge in [0.25, 0.3) is 5.91 Å². The largest absolute Gasteiger partial charge is 0.497 e. The lowest BCUT2D eigenvalue weighted by Crippen LogP contribution is -2.23. The van der Waals surface area contributed by atoms with Gasteiger partial charge < -0.3 is 15.0 Å². The fraction of sp³-hybridized carbons (Fsp3) is 0.0870. The summed E-state index contributed by atoms with van der Waals surface area (Å²) in [7, 11) is 1.63. The first-order chi connectivity index (χ1) is 14.1. The molecule has 6 heteroatoms. The molecule has 146 valence electrons. The molecule has 4 nitrogen and oxygen atoms in total. The Labute approximate surface area is 178 Å². The summed E-state index contributed by atoms with van der Waals surface area (Å²) in [6, 6.07) is 23.2. The minimum Gasteiger partial charge on any atom is -0.497 e. The molecule has 0 fully saturated rings. The molecule has 0 spiro atoms. The summed E-state index contributed by atoms with van der Waals surface area (Å²) in [5.41, 5.74) is 2.33. The molecule has 4 aromatic rings. The van der Waals surface area contributed by atoms with Crippen molar-refractivity contribution in [3.05, 3.63) is 89.1 Å². The number of rotatable bonds is 6. The average molecular weight is 423 g/mol. The highest BCUT2D eigenvalue weighted by Crippen LogP contribution is 2.37. The summed E-state index contributed by atoms with van der Waals surface area (Å²) in [5, 5.41) is 4.61. The number of carbonyl (C=O) groups excluding carboxylic acids is 1. The maximum absolute atomic E-state index is 13.0. The number of halogens is 1. The van der Waals surface area contributed by atoms with Crippen molar-refractivity contribution >= 4 is 40.2 Å². The molecule has 1 aromatic heterocycles. The quantitative estimate of drug-likeness (QED) is 0.406. The first kappa shape index (κ1) is 19.4. The molecule has 1 amide bonds. The van der Waals surface area contributed by atoms with E-state index in [1.54, 1.807) is 18.9 Å². The van der Waals surface area contributed by atoms with E-state index in [0.717, 1.165) is 32.0 Å². The molecule has 0 radical (unpaired) electrons. The lowest BCUT2D eigenvalue weighted by Gasteiger charge is -2.07. The van der Waals surface area contributed by atoms with Crippen molar-refractivity contribution in [2.75, 3.05) is 7.11 Å². The number of amides is 1. The van der Waals surface area contributed by atoms with Gasteiger partial charge in [0, 0.05) is 27.9 Å². The molecule has 0 aliphatic carbocycles. The van der Waals surface area contributed by atoms with Crippen LogP contribution in [-0.2, 0) is 6.54 Å². The third-order valence-corrected chi connectivity index (χ3v) is 5.86. The van der Waals surface area contributed by atoms with E-state index < -0.39 is 0 Å². The number of benzene rings is 3. The van der Waals surface area contributed by atoms with Gasteiger partial charge in [0.2, 0.25) is 0 Å². The molecule has 4 rings (SSSR count). The second kappa shape index (κ2) is 8.64. The first-order valence-electron chi connectivity index (χ1n) is 9.09. The number of aromatic nitrogens is 1. The van der Waals surface area contributed by atoms with Crippen LogP contribution in [0.4, 0.5) is 0 Å². The van der Waals surface area contributed by atoms with E-state index in [9.17, 15) is 4.79 Å². The number of nitrogens with one attached hydrogen (secondary N) is 2. The molecule has 0 saturated heterocycles. The Morgan fingerprint density at radius 1 is 1.07 bits per heavy atom. The molecule has 29 heavy (non-hydrogen) atoms. The van der Waals surface area contributed by atoms with Crippen LogP contribution < -0.4 is 10.1 Å². The van der Waals surface area contributed by atoms with Crippen molar-refractivity contribution in [3.63, 3.8) is 0 Å². The second-order valence-electron chi connectivity index (χ2n) is 6.47. The van der Waals surface area contributed by atoms with Crippen LogP contribution >= 0.6 is 23.4 Å². The summed E-state index contributed by atoms with van der Waals surface area (Å²) in [5.74, 6) is 0.569. The van der Waals surface area contributed by atoms with Crippen molar-refractivity contribution in [3.8, 4) is 5.75 Å². The van der Waals surface area contributed by atoms with Crippen LogP contribution in [-0.4, -0.2) is 18.0 Å². The predicted octanol–water partition coefficient (Wildman–Crippen LogP) is 5.91. The Kier molecular flexibility index (Phi) is 5.79. The maximum atomic E-state index is 13.0. The molecule has 0 aliphatic heterocycles. The number of aromatic amines is 1. The summed E-state index contributed by atoms with van der Waals surface area (Å²) >= 11 is 7.60. The highest BCUT2D eigenvalue weighted by molar-refractivity contribution is 7.99. The van der Waals surface area contributed by atoms with E-state index in [2.05, 4.69) is 10.3 Å². The van der Waals surface area contributed by atoms with Crippen LogP contribution in [0.5, 0.6) is 5.75 Å². The molecule has 2 N–H and O–H groups in total. The molecule has 0 bridgehead atoms. The Hall–Kier alpha value is -2.89. The van der Waals surface area contributed by atoms with Crippen molar-refractivity contribution in [1.29, 1.82) is 0 Å². The summed E-state index contributed by atoms with van der Waals surface area (Å²) in [4.78, 5) is 18.2. The summed E-state index contributed by atoms with van der Waals surface area (Å²) in [6.07, 6.45) is 0. The highest BCUT2D eigenvalue weighted by atomic mass is 35.5. The van der Waals surface area contributed by atoms with Crippen molar-refractivity contribution in [1.82, 2.24) is 10.3 Å². The number of H-pyrrole nitrogens is 1. The molecule has 0 aliphatic rings. The third-order valence-electron chi connectivity index (χ3n) is 4.49. The topological polar surface area (TPSA) is 54.1 Å². The van der Waals surface area contributed by atoms with Crippen LogP contribution in [0.25, 0.3) is 10.9 Å². The Balaban J connectivity index is 1.67. The van der Waals surface area contributed by atoms with Crippen LogP contribution in [0.1, 0.15) is 16.1 Å². The Morgan fingerprint density at radius 3 is 2.66 bits per heavy atom. The van der Waals surface area contributed by atoms with Gasteiger partial charge in [-0.2, -0.15) is 0 Å². The molecular formula is C23H19ClN2O2S. The highest BCUT2D eigenvalue weighted by Gasteiger charge is 2.19. The average Bonchev–Trinajstić information content (AvgIpc) is 3.10. The fourth-order valence-corrected chi connectivity index (χ4v) is 4.34. The minimum atomic E-state index is -0.168. The molecule has 3 aromatic carbocycles. The lowest BCUT2D eigenvalue weighted by molar-refractivity contribution is 0.0944. The van der Waals surface area contributed by atoms with Crippen molar-refractivity contribution < 1.29 is 9.53 Å². The van der Waals surface area contributed by atoms with Gasteiger partial charge in [0.15, 0.2) is 0 Å². The van der Waals surface area contributed by atoms with Crippen LogP contribution in [0.3, 0.4) is 0 Å². The van der Waals surface area contributed by atoms with Gasteiger partial charge in [0.05, 0.1) is 17.5 Å². The standard InChI is InChI=1S/C23H19ClN2O2S/c1-28-17-10-11-19-20(13-17)26-21(22(19)29-18-8-3-2-4-9-18)23(27)25-14-15-6-5-7-16(24)12-15/h2-13,26H,14H2,1H3,(H,25,27). The number of carbonyl (C=O) groups is 1. The molecule has 0 atom stereocenters. The molecule has 0 saturated carbocycles. The Morgan fingerprint density at radius 2 is 1.90 bits per heavy atom. The zero-order valence-electron chi connectivity index (χ0n) is 15.7. The van der Waals surface area contributed by atoms with Crippen LogP contribution in [0.15, 0.2) is 82.6 Å². The van der Waals surface area contributed by atoms with E-state index in [1.165, 1.54) is 0 Å². The minimum absolute atomic E-state index is 0.168. The predicted molar refractivity (Wildman–Crippen MR) is 118 cm³/mol. The lowest BCUT2D eigenvalue weighted by atomic mass is 10.2. The van der Waals surface area contributed by atoms with Gasteiger partial charge in [-0.3, -0.25) is 4.79 Å². The first-order valence-corrected chi connectivity index (χ1v) is 10.3. The fourth-order valence-electron chi connectivity index (χ4n) is 3.07. The number of hydrogen-bond donors (Lipinski definition) is 2. The zero-order valence-corrected chi connectivity index (χ0v) is 17.3. The van der Waals surface area contributed by atoms with Gasteiger partial charge in [-0.05, 0) is 42.0 Å². The molecular weight excluding hydrogens is 404 g/mol. The van der Waals surface area contributed by atoms with E-state index in [1.807, 2.05) is 72.8 Å². The van der Waals surface area contributed by atoms with Gasteiger partial charge in [0.1, 0.15) is 11.4 Å². The van der Waals surface area contributed by atoms with Gasteiger partial charge in [-0.15, -0.1) is 0 Å². The molecule has 1 heterocycles. The van der Waals surface area contributed by atoms with Crippen LogP contribution in [0.2, 0.25) is 5.02 Å². The monoisotopic (exact) mass is 422 g/mol. The van der Waals surface area contributed by atoms with E-state index in [-0.39, 0.29) is 5.91 Å². The van der Waals surface area contributed by atoms with Gasteiger partial charge in [-0.1, -0.05) is 53.7 Å². The number of hydrogen-bond acceptors (Lipinski definition) is 3.